The maximum Gasteiger partial charge on any atom is 0.253 e. The summed E-state index contributed by atoms with van der Waals surface area (Å²) in [6, 6.07) is 9.58. The van der Waals surface area contributed by atoms with Gasteiger partial charge < -0.3 is 15.8 Å². The minimum atomic E-state index is -0.551. The first-order chi connectivity index (χ1) is 10.2. The highest BCUT2D eigenvalue weighted by Gasteiger charge is 2.32. The van der Waals surface area contributed by atoms with Gasteiger partial charge in [-0.05, 0) is 30.4 Å². The molecule has 4 nitrogen and oxygen atoms in total. The van der Waals surface area contributed by atoms with Gasteiger partial charge in [-0.25, -0.2) is 0 Å². The minimum Gasteiger partial charge on any atom is -0.367 e. The van der Waals surface area contributed by atoms with Crippen LogP contribution >= 0.6 is 0 Å². The van der Waals surface area contributed by atoms with E-state index >= 15 is 0 Å². The van der Waals surface area contributed by atoms with Crippen LogP contribution in [0.2, 0.25) is 0 Å². The highest BCUT2D eigenvalue weighted by atomic mass is 16.5. The summed E-state index contributed by atoms with van der Waals surface area (Å²) < 4.78 is 5.36. The van der Waals surface area contributed by atoms with Crippen LogP contribution in [-0.2, 0) is 9.53 Å². The van der Waals surface area contributed by atoms with E-state index < -0.39 is 6.10 Å². The van der Waals surface area contributed by atoms with Crippen molar-refractivity contribution >= 4 is 5.91 Å². The van der Waals surface area contributed by atoms with E-state index in [1.165, 1.54) is 19.3 Å². The summed E-state index contributed by atoms with van der Waals surface area (Å²) in [5, 5.41) is 3.05. The van der Waals surface area contributed by atoms with Crippen molar-refractivity contribution in [2.75, 3.05) is 20.2 Å². The van der Waals surface area contributed by atoms with Crippen LogP contribution in [0.1, 0.15) is 43.8 Å². The molecule has 4 heteroatoms. The molecule has 0 heterocycles. The fourth-order valence-corrected chi connectivity index (χ4v) is 3.14. The molecule has 1 aromatic rings. The number of rotatable bonds is 6. The van der Waals surface area contributed by atoms with E-state index in [1.54, 1.807) is 7.11 Å². The van der Waals surface area contributed by atoms with E-state index in [1.807, 2.05) is 30.3 Å². The van der Waals surface area contributed by atoms with Gasteiger partial charge in [-0.15, -0.1) is 0 Å². The number of carbonyl (C=O) groups excluding carboxylic acids is 1. The summed E-state index contributed by atoms with van der Waals surface area (Å²) in [7, 11) is 1.57. The van der Waals surface area contributed by atoms with Gasteiger partial charge >= 0.3 is 0 Å². The molecule has 0 saturated heterocycles. The highest BCUT2D eigenvalue weighted by Crippen LogP contribution is 2.34. The third-order valence-corrected chi connectivity index (χ3v) is 4.56. The third-order valence-electron chi connectivity index (χ3n) is 4.56. The molecular weight excluding hydrogens is 264 g/mol. The van der Waals surface area contributed by atoms with Gasteiger partial charge in [0.1, 0.15) is 0 Å². The Balaban J connectivity index is 1.96. The number of hydrogen-bond donors (Lipinski definition) is 2. The first kappa shape index (κ1) is 16.0. The van der Waals surface area contributed by atoms with Gasteiger partial charge in [0.15, 0.2) is 6.10 Å². The molecule has 1 aliphatic rings. The summed E-state index contributed by atoms with van der Waals surface area (Å²) in [4.78, 5) is 12.4. The van der Waals surface area contributed by atoms with Crippen LogP contribution in [0, 0.1) is 5.41 Å². The summed E-state index contributed by atoms with van der Waals surface area (Å²) in [5.41, 5.74) is 6.91. The number of nitrogens with one attached hydrogen (secondary N) is 1. The second-order valence-corrected chi connectivity index (χ2v) is 6.01. The number of hydrogen-bond acceptors (Lipinski definition) is 3. The van der Waals surface area contributed by atoms with E-state index in [0.29, 0.717) is 13.1 Å². The van der Waals surface area contributed by atoms with Gasteiger partial charge in [-0.3, -0.25) is 4.79 Å². The first-order valence-corrected chi connectivity index (χ1v) is 7.76. The fraction of sp³-hybridized carbons (Fsp3) is 0.588. The molecule has 0 bridgehead atoms. The fourth-order valence-electron chi connectivity index (χ4n) is 3.14. The number of benzene rings is 1. The van der Waals surface area contributed by atoms with Gasteiger partial charge in [-0.2, -0.15) is 0 Å². The summed E-state index contributed by atoms with van der Waals surface area (Å²) in [6.07, 6.45) is 5.35. The van der Waals surface area contributed by atoms with Crippen LogP contribution in [0.5, 0.6) is 0 Å². The summed E-state index contributed by atoms with van der Waals surface area (Å²) in [5.74, 6) is -0.0814. The predicted octanol–water partition coefficient (Wildman–Crippen LogP) is 2.40. The van der Waals surface area contributed by atoms with Crippen LogP contribution in [0.15, 0.2) is 30.3 Å². The van der Waals surface area contributed by atoms with Gasteiger partial charge in [0.05, 0.1) is 0 Å². The maximum absolute atomic E-state index is 12.4. The molecule has 1 fully saturated rings. The molecule has 1 saturated carbocycles. The maximum atomic E-state index is 12.4. The second kappa shape index (κ2) is 7.57. The van der Waals surface area contributed by atoms with E-state index in [-0.39, 0.29) is 11.3 Å². The average molecular weight is 290 g/mol. The topological polar surface area (TPSA) is 64.3 Å². The lowest BCUT2D eigenvalue weighted by molar-refractivity contribution is -0.132. The van der Waals surface area contributed by atoms with Crippen molar-refractivity contribution in [1.29, 1.82) is 0 Å². The van der Waals surface area contributed by atoms with Gasteiger partial charge in [-0.1, -0.05) is 49.6 Å². The monoisotopic (exact) mass is 290 g/mol. The van der Waals surface area contributed by atoms with Crippen LogP contribution in [0.3, 0.4) is 0 Å². The molecule has 1 amide bonds. The zero-order chi connectivity index (χ0) is 15.1. The highest BCUT2D eigenvalue weighted by molar-refractivity contribution is 5.82. The smallest absolute Gasteiger partial charge is 0.253 e. The molecule has 0 spiro atoms. The molecule has 3 N–H and O–H groups in total. The van der Waals surface area contributed by atoms with E-state index in [2.05, 4.69) is 5.32 Å². The molecular formula is C17H26N2O2. The Kier molecular flexibility index (Phi) is 5.76. The first-order valence-electron chi connectivity index (χ1n) is 7.76. The van der Waals surface area contributed by atoms with Crippen molar-refractivity contribution in [2.45, 2.75) is 38.2 Å². The quantitative estimate of drug-likeness (QED) is 0.845. The lowest BCUT2D eigenvalue weighted by Crippen LogP contribution is -2.45. The molecule has 2 rings (SSSR count). The normalized spacial score (nSPS) is 19.0. The second-order valence-electron chi connectivity index (χ2n) is 6.01. The molecule has 116 valence electrons. The minimum absolute atomic E-state index is 0.0723. The summed E-state index contributed by atoms with van der Waals surface area (Å²) in [6.45, 7) is 1.28. The molecule has 21 heavy (non-hydrogen) atoms. The Morgan fingerprint density at radius 3 is 2.52 bits per heavy atom. The van der Waals surface area contributed by atoms with Crippen molar-refractivity contribution in [2.24, 2.45) is 11.1 Å². The largest absolute Gasteiger partial charge is 0.367 e. The Morgan fingerprint density at radius 1 is 1.29 bits per heavy atom. The molecule has 1 aromatic carbocycles. The van der Waals surface area contributed by atoms with Crippen molar-refractivity contribution in [3.05, 3.63) is 35.9 Å². The Morgan fingerprint density at radius 2 is 1.95 bits per heavy atom. The Labute approximate surface area is 127 Å². The van der Waals surface area contributed by atoms with Crippen molar-refractivity contribution in [3.8, 4) is 0 Å². The van der Waals surface area contributed by atoms with Crippen molar-refractivity contribution in [3.63, 3.8) is 0 Å². The summed E-state index contributed by atoms with van der Waals surface area (Å²) >= 11 is 0. The zero-order valence-electron chi connectivity index (χ0n) is 12.8. The lowest BCUT2D eigenvalue weighted by atomic mass is 9.74. The van der Waals surface area contributed by atoms with Crippen LogP contribution in [0.25, 0.3) is 0 Å². The van der Waals surface area contributed by atoms with Gasteiger partial charge in [0.2, 0.25) is 0 Å². The number of amides is 1. The number of methoxy groups -OCH3 is 1. The number of carbonyl (C=O) groups is 1. The zero-order valence-corrected chi connectivity index (χ0v) is 12.8. The van der Waals surface area contributed by atoms with Gasteiger partial charge in [0.25, 0.3) is 5.91 Å². The number of ether oxygens (including phenoxy) is 1. The molecule has 0 aromatic heterocycles. The van der Waals surface area contributed by atoms with E-state index in [9.17, 15) is 4.79 Å². The molecule has 1 atom stereocenters. The van der Waals surface area contributed by atoms with Crippen LogP contribution < -0.4 is 11.1 Å². The predicted molar refractivity (Wildman–Crippen MR) is 83.8 cm³/mol. The van der Waals surface area contributed by atoms with Gasteiger partial charge in [0, 0.05) is 13.7 Å². The van der Waals surface area contributed by atoms with Crippen molar-refractivity contribution in [1.82, 2.24) is 5.32 Å². The lowest BCUT2D eigenvalue weighted by Gasteiger charge is -2.36. The average Bonchev–Trinajstić information content (AvgIpc) is 2.55. The molecule has 0 aliphatic heterocycles. The van der Waals surface area contributed by atoms with Crippen LogP contribution in [-0.4, -0.2) is 26.1 Å². The third kappa shape index (κ3) is 4.05. The van der Waals surface area contributed by atoms with Crippen LogP contribution in [0.4, 0.5) is 0 Å². The molecule has 1 unspecified atom stereocenters. The van der Waals surface area contributed by atoms with E-state index in [0.717, 1.165) is 18.4 Å². The standard InChI is InChI=1S/C17H26N2O2/c1-21-15(14-8-4-2-5-9-14)16(20)19-13-17(12-18)10-6-3-7-11-17/h2,4-5,8-9,15H,3,6-7,10-13,18H2,1H3,(H,19,20). The van der Waals surface area contributed by atoms with E-state index in [4.69, 9.17) is 10.5 Å². The van der Waals surface area contributed by atoms with Crippen molar-refractivity contribution < 1.29 is 9.53 Å². The molecule has 1 aliphatic carbocycles. The Hall–Kier alpha value is -1.39. The Bertz CT molecular complexity index is 441. The SMILES string of the molecule is COC(C(=O)NCC1(CN)CCCCC1)c1ccccc1. The molecule has 0 radical (unpaired) electrons. The number of nitrogens with two attached hydrogens (primary N) is 1.